The Morgan fingerprint density at radius 3 is 2.50 bits per heavy atom. The SMILES string of the molecule is CNC(C)(C)C(=O)Nc1ccc(N2CCCC2)c(F)c1. The average molecular weight is 279 g/mol. The Morgan fingerprint density at radius 1 is 1.30 bits per heavy atom. The maximum Gasteiger partial charge on any atom is 0.244 e. The number of halogens is 1. The van der Waals surface area contributed by atoms with Gasteiger partial charge in [0.1, 0.15) is 5.82 Å². The predicted octanol–water partition coefficient (Wildman–Crippen LogP) is 2.36. The third-order valence-corrected chi connectivity index (χ3v) is 3.84. The lowest BCUT2D eigenvalue weighted by molar-refractivity contribution is -0.121. The fourth-order valence-electron chi connectivity index (χ4n) is 2.20. The maximum atomic E-state index is 14.1. The number of amides is 1. The van der Waals surface area contributed by atoms with Crippen molar-refractivity contribution in [2.45, 2.75) is 32.2 Å². The minimum atomic E-state index is -0.690. The molecule has 1 fully saturated rings. The molecule has 0 radical (unpaired) electrons. The third-order valence-electron chi connectivity index (χ3n) is 3.84. The van der Waals surface area contributed by atoms with Gasteiger partial charge in [-0.05, 0) is 51.9 Å². The maximum absolute atomic E-state index is 14.1. The molecule has 110 valence electrons. The number of carbonyl (C=O) groups is 1. The predicted molar refractivity (Wildman–Crippen MR) is 79.6 cm³/mol. The molecule has 0 atom stereocenters. The van der Waals surface area contributed by atoms with Crippen molar-refractivity contribution < 1.29 is 9.18 Å². The van der Waals surface area contributed by atoms with Crippen molar-refractivity contribution >= 4 is 17.3 Å². The molecule has 0 bridgehead atoms. The van der Waals surface area contributed by atoms with Crippen molar-refractivity contribution in [2.24, 2.45) is 0 Å². The van der Waals surface area contributed by atoms with Gasteiger partial charge in [0, 0.05) is 18.8 Å². The van der Waals surface area contributed by atoms with Crippen LogP contribution in [0.5, 0.6) is 0 Å². The van der Waals surface area contributed by atoms with Crippen molar-refractivity contribution in [1.82, 2.24) is 5.32 Å². The fraction of sp³-hybridized carbons (Fsp3) is 0.533. The van der Waals surface area contributed by atoms with E-state index in [2.05, 4.69) is 10.6 Å². The topological polar surface area (TPSA) is 44.4 Å². The smallest absolute Gasteiger partial charge is 0.244 e. The first kappa shape index (κ1) is 14.8. The zero-order valence-electron chi connectivity index (χ0n) is 12.3. The van der Waals surface area contributed by atoms with Crippen LogP contribution in [0.2, 0.25) is 0 Å². The molecule has 1 aromatic carbocycles. The van der Waals surface area contributed by atoms with Crippen LogP contribution in [-0.4, -0.2) is 31.6 Å². The molecule has 2 N–H and O–H groups in total. The summed E-state index contributed by atoms with van der Waals surface area (Å²) in [5.41, 5.74) is 0.413. The van der Waals surface area contributed by atoms with Gasteiger partial charge in [0.15, 0.2) is 0 Å². The highest BCUT2D eigenvalue weighted by Crippen LogP contribution is 2.26. The lowest BCUT2D eigenvalue weighted by Gasteiger charge is -2.23. The molecule has 0 saturated carbocycles. The minimum Gasteiger partial charge on any atom is -0.369 e. The second-order valence-corrected chi connectivity index (χ2v) is 5.69. The number of nitrogens with zero attached hydrogens (tertiary/aromatic N) is 1. The van der Waals surface area contributed by atoms with Gasteiger partial charge in [-0.3, -0.25) is 4.79 Å². The third kappa shape index (κ3) is 3.10. The van der Waals surface area contributed by atoms with Gasteiger partial charge in [-0.1, -0.05) is 0 Å². The van der Waals surface area contributed by atoms with Crippen LogP contribution in [0.25, 0.3) is 0 Å². The summed E-state index contributed by atoms with van der Waals surface area (Å²) in [6, 6.07) is 4.88. The first-order valence-corrected chi connectivity index (χ1v) is 6.99. The van der Waals surface area contributed by atoms with E-state index in [-0.39, 0.29) is 11.7 Å². The molecule has 1 aromatic rings. The molecule has 1 saturated heterocycles. The summed E-state index contributed by atoms with van der Waals surface area (Å²) in [6.07, 6.45) is 2.21. The van der Waals surface area contributed by atoms with Crippen LogP contribution in [0.4, 0.5) is 15.8 Å². The van der Waals surface area contributed by atoms with Crippen LogP contribution >= 0.6 is 0 Å². The average Bonchev–Trinajstić information content (AvgIpc) is 2.92. The molecule has 1 aliphatic rings. The van der Waals surface area contributed by atoms with Crippen molar-refractivity contribution in [3.63, 3.8) is 0 Å². The van der Waals surface area contributed by atoms with Gasteiger partial charge in [-0.25, -0.2) is 4.39 Å². The second kappa shape index (κ2) is 5.79. The highest BCUT2D eigenvalue weighted by Gasteiger charge is 2.25. The van der Waals surface area contributed by atoms with Crippen molar-refractivity contribution in [1.29, 1.82) is 0 Å². The number of hydrogen-bond donors (Lipinski definition) is 2. The Labute approximate surface area is 119 Å². The van der Waals surface area contributed by atoms with Gasteiger partial charge in [-0.15, -0.1) is 0 Å². The van der Waals surface area contributed by atoms with Crippen LogP contribution in [0, 0.1) is 5.82 Å². The number of hydrogen-bond acceptors (Lipinski definition) is 3. The largest absolute Gasteiger partial charge is 0.369 e. The Kier molecular flexibility index (Phi) is 4.28. The molecule has 4 nitrogen and oxygen atoms in total. The van der Waals surface area contributed by atoms with E-state index >= 15 is 0 Å². The molecular formula is C15H22FN3O. The highest BCUT2D eigenvalue weighted by molar-refractivity contribution is 5.97. The van der Waals surface area contributed by atoms with Crippen molar-refractivity contribution in [3.8, 4) is 0 Å². The molecule has 20 heavy (non-hydrogen) atoms. The standard InChI is InChI=1S/C15H22FN3O/c1-15(2,17-3)14(20)18-11-6-7-13(12(16)10-11)19-8-4-5-9-19/h6-7,10,17H,4-5,8-9H2,1-3H3,(H,18,20). The summed E-state index contributed by atoms with van der Waals surface area (Å²) < 4.78 is 14.1. The fourth-order valence-corrected chi connectivity index (χ4v) is 2.20. The molecule has 1 aliphatic heterocycles. The Hall–Kier alpha value is -1.62. The lowest BCUT2D eigenvalue weighted by Crippen LogP contribution is -2.47. The Morgan fingerprint density at radius 2 is 1.95 bits per heavy atom. The molecule has 0 aliphatic carbocycles. The Balaban J connectivity index is 2.11. The van der Waals surface area contributed by atoms with Gasteiger partial charge in [0.25, 0.3) is 0 Å². The summed E-state index contributed by atoms with van der Waals surface area (Å²) in [5, 5.41) is 5.65. The number of benzene rings is 1. The van der Waals surface area contributed by atoms with E-state index in [1.165, 1.54) is 6.07 Å². The van der Waals surface area contributed by atoms with Crippen molar-refractivity contribution in [3.05, 3.63) is 24.0 Å². The molecular weight excluding hydrogens is 257 g/mol. The van der Waals surface area contributed by atoms with Crippen LogP contribution in [-0.2, 0) is 4.79 Å². The number of carbonyl (C=O) groups excluding carboxylic acids is 1. The van der Waals surface area contributed by atoms with Crippen LogP contribution in [0.15, 0.2) is 18.2 Å². The van der Waals surface area contributed by atoms with Gasteiger partial charge in [0.2, 0.25) is 5.91 Å². The lowest BCUT2D eigenvalue weighted by atomic mass is 10.1. The monoisotopic (exact) mass is 279 g/mol. The van der Waals surface area contributed by atoms with E-state index in [4.69, 9.17) is 0 Å². The first-order valence-electron chi connectivity index (χ1n) is 6.99. The minimum absolute atomic E-state index is 0.187. The van der Waals surface area contributed by atoms with E-state index < -0.39 is 5.54 Å². The molecule has 1 amide bonds. The van der Waals surface area contributed by atoms with Gasteiger partial charge in [0.05, 0.1) is 11.2 Å². The highest BCUT2D eigenvalue weighted by atomic mass is 19.1. The zero-order valence-corrected chi connectivity index (χ0v) is 12.3. The van der Waals surface area contributed by atoms with Crippen LogP contribution in [0.1, 0.15) is 26.7 Å². The van der Waals surface area contributed by atoms with Crippen LogP contribution < -0.4 is 15.5 Å². The zero-order chi connectivity index (χ0) is 14.8. The normalized spacial score (nSPS) is 15.5. The second-order valence-electron chi connectivity index (χ2n) is 5.69. The van der Waals surface area contributed by atoms with E-state index in [1.807, 2.05) is 4.90 Å². The van der Waals surface area contributed by atoms with Crippen LogP contribution in [0.3, 0.4) is 0 Å². The summed E-state index contributed by atoms with van der Waals surface area (Å²) in [5.74, 6) is -0.472. The van der Waals surface area contributed by atoms with Gasteiger partial charge < -0.3 is 15.5 Å². The first-order chi connectivity index (χ1) is 9.44. The Bertz CT molecular complexity index is 496. The molecule has 5 heteroatoms. The van der Waals surface area contributed by atoms with E-state index in [9.17, 15) is 9.18 Å². The van der Waals surface area contributed by atoms with E-state index in [1.54, 1.807) is 33.0 Å². The molecule has 0 unspecified atom stereocenters. The van der Waals surface area contributed by atoms with Gasteiger partial charge in [-0.2, -0.15) is 0 Å². The number of nitrogens with one attached hydrogen (secondary N) is 2. The van der Waals surface area contributed by atoms with E-state index in [0.29, 0.717) is 11.4 Å². The number of likely N-dealkylation sites (N-methyl/N-ethyl adjacent to an activating group) is 1. The number of rotatable bonds is 4. The summed E-state index contributed by atoms with van der Waals surface area (Å²) in [4.78, 5) is 14.1. The summed E-state index contributed by atoms with van der Waals surface area (Å²) in [6.45, 7) is 5.35. The molecule has 2 rings (SSSR count). The molecule has 0 spiro atoms. The molecule has 1 heterocycles. The van der Waals surface area contributed by atoms with Crippen molar-refractivity contribution in [2.75, 3.05) is 30.4 Å². The number of anilines is 2. The summed E-state index contributed by atoms with van der Waals surface area (Å²) in [7, 11) is 1.72. The van der Waals surface area contributed by atoms with E-state index in [0.717, 1.165) is 25.9 Å². The molecule has 0 aromatic heterocycles. The summed E-state index contributed by atoms with van der Waals surface area (Å²) >= 11 is 0. The quantitative estimate of drug-likeness (QED) is 0.889. The van der Waals surface area contributed by atoms with Gasteiger partial charge >= 0.3 is 0 Å².